The summed E-state index contributed by atoms with van der Waals surface area (Å²) >= 11 is 0. The van der Waals surface area contributed by atoms with Crippen molar-refractivity contribution in [3.05, 3.63) is 150 Å². The number of furan rings is 1. The fourth-order valence-corrected chi connectivity index (χ4v) is 7.29. The Hall–Kier alpha value is -6.00. The van der Waals surface area contributed by atoms with Crippen molar-refractivity contribution in [3.63, 3.8) is 0 Å². The molecule has 4 nitrogen and oxygen atoms in total. The Morgan fingerprint density at radius 1 is 0.481 bits per heavy atom. The number of hydrogen-bond donors (Lipinski definition) is 1. The van der Waals surface area contributed by atoms with Gasteiger partial charge in [-0.2, -0.15) is 0 Å². The smallest absolute Gasteiger partial charge is 0.143 e. The molecule has 0 aliphatic heterocycles. The molecule has 268 valence electrons. The van der Waals surface area contributed by atoms with Crippen molar-refractivity contribution in [2.75, 3.05) is 0 Å². The lowest BCUT2D eigenvalue weighted by atomic mass is 9.79. The van der Waals surface area contributed by atoms with E-state index in [-0.39, 0.29) is 16.6 Å². The van der Waals surface area contributed by atoms with Crippen LogP contribution in [0.3, 0.4) is 0 Å². The number of fused-ring (bicyclic) bond motifs is 3. The number of benzene rings is 5. The van der Waals surface area contributed by atoms with Crippen LogP contribution in [0.25, 0.3) is 78.0 Å². The Morgan fingerprint density at radius 2 is 1.06 bits per heavy atom. The summed E-state index contributed by atoms with van der Waals surface area (Å²) in [6.45, 7) is 17.5. The van der Waals surface area contributed by atoms with Crippen molar-refractivity contribution < 1.29 is 9.52 Å². The summed E-state index contributed by atoms with van der Waals surface area (Å²) in [4.78, 5) is 10.2. The van der Waals surface area contributed by atoms with Gasteiger partial charge in [0.15, 0.2) is 0 Å². The van der Waals surface area contributed by atoms with Crippen molar-refractivity contribution in [1.29, 1.82) is 0 Å². The number of pyridine rings is 2. The van der Waals surface area contributed by atoms with Crippen LogP contribution in [0, 0.1) is 13.8 Å². The average Bonchev–Trinajstić information content (AvgIpc) is 3.54. The second-order valence-corrected chi connectivity index (χ2v) is 16.6. The summed E-state index contributed by atoms with van der Waals surface area (Å²) in [5.74, 6) is 0.247. The van der Waals surface area contributed by atoms with Crippen molar-refractivity contribution in [2.24, 2.45) is 0 Å². The zero-order chi connectivity index (χ0) is 37.9. The fourth-order valence-electron chi connectivity index (χ4n) is 7.29. The SMILES string of the molecule is Cc1cc(-c2cccc3c2oc2ccccc23)cc(-c2cccc(-c3cc(-c4cc(C(C)(C)C)cc(C(C)(C)C)c4)cc(-c4cccc(C)c4O)n3)c2)n1. The number of aryl methyl sites for hydroxylation is 2. The number of phenols is 1. The molecule has 4 heteroatoms. The molecular weight excluding hydrogens is 661 g/mol. The topological polar surface area (TPSA) is 59.2 Å². The van der Waals surface area contributed by atoms with Gasteiger partial charge >= 0.3 is 0 Å². The summed E-state index contributed by atoms with van der Waals surface area (Å²) < 4.78 is 6.42. The van der Waals surface area contributed by atoms with Gasteiger partial charge in [0, 0.05) is 38.7 Å². The van der Waals surface area contributed by atoms with Crippen molar-refractivity contribution >= 4 is 21.9 Å². The van der Waals surface area contributed by atoms with Crippen molar-refractivity contribution in [2.45, 2.75) is 66.2 Å². The van der Waals surface area contributed by atoms with E-state index in [9.17, 15) is 5.11 Å². The van der Waals surface area contributed by atoms with Gasteiger partial charge < -0.3 is 9.52 Å². The van der Waals surface area contributed by atoms with Gasteiger partial charge in [-0.15, -0.1) is 0 Å². The minimum atomic E-state index is -0.0343. The molecule has 54 heavy (non-hydrogen) atoms. The van der Waals surface area contributed by atoms with Crippen LogP contribution in [0.2, 0.25) is 0 Å². The van der Waals surface area contributed by atoms with Crippen LogP contribution in [0.15, 0.2) is 132 Å². The average molecular weight is 707 g/mol. The normalized spacial score (nSPS) is 12.1. The molecule has 0 radical (unpaired) electrons. The molecule has 0 atom stereocenters. The molecule has 0 aliphatic carbocycles. The Kier molecular flexibility index (Phi) is 8.53. The molecule has 8 rings (SSSR count). The molecule has 3 heterocycles. The molecule has 1 N–H and O–H groups in total. The summed E-state index contributed by atoms with van der Waals surface area (Å²) in [7, 11) is 0. The lowest BCUT2D eigenvalue weighted by Crippen LogP contribution is -2.16. The maximum Gasteiger partial charge on any atom is 0.143 e. The molecule has 0 unspecified atom stereocenters. The Bertz CT molecular complexity index is 2690. The lowest BCUT2D eigenvalue weighted by Gasteiger charge is -2.26. The highest BCUT2D eigenvalue weighted by Gasteiger charge is 2.22. The first kappa shape index (κ1) is 35.1. The highest BCUT2D eigenvalue weighted by atomic mass is 16.3. The van der Waals surface area contributed by atoms with Gasteiger partial charge in [0.25, 0.3) is 0 Å². The van der Waals surface area contributed by atoms with Crippen LogP contribution in [0.4, 0.5) is 0 Å². The molecule has 0 fully saturated rings. The van der Waals surface area contributed by atoms with Crippen molar-refractivity contribution in [1.82, 2.24) is 9.97 Å². The molecule has 0 amide bonds. The predicted molar refractivity (Wildman–Crippen MR) is 225 cm³/mol. The van der Waals surface area contributed by atoms with E-state index < -0.39 is 0 Å². The lowest BCUT2D eigenvalue weighted by molar-refractivity contribution is 0.473. The van der Waals surface area contributed by atoms with E-state index >= 15 is 0 Å². The number of rotatable bonds is 5. The minimum absolute atomic E-state index is 0.0343. The highest BCUT2D eigenvalue weighted by Crippen LogP contribution is 2.40. The van der Waals surface area contributed by atoms with E-state index in [0.717, 1.165) is 83.7 Å². The zero-order valence-electron chi connectivity index (χ0n) is 32.4. The van der Waals surface area contributed by atoms with Gasteiger partial charge in [0.1, 0.15) is 16.9 Å². The van der Waals surface area contributed by atoms with Crippen LogP contribution in [0.5, 0.6) is 5.75 Å². The maximum absolute atomic E-state index is 11.3. The first-order valence-corrected chi connectivity index (χ1v) is 18.7. The third kappa shape index (κ3) is 6.58. The van der Waals surface area contributed by atoms with Gasteiger partial charge in [-0.25, -0.2) is 4.98 Å². The van der Waals surface area contributed by atoms with E-state index in [1.54, 1.807) is 0 Å². The molecule has 0 saturated heterocycles. The molecule has 3 aromatic heterocycles. The third-order valence-electron chi connectivity index (χ3n) is 10.5. The number of aromatic nitrogens is 2. The monoisotopic (exact) mass is 706 g/mol. The summed E-state index contributed by atoms with van der Waals surface area (Å²) in [6, 6.07) is 44.4. The van der Waals surface area contributed by atoms with Crippen LogP contribution < -0.4 is 0 Å². The predicted octanol–water partition coefficient (Wildman–Crippen LogP) is 13.6. The Morgan fingerprint density at radius 3 is 1.78 bits per heavy atom. The number of nitrogens with zero attached hydrogens (tertiary/aromatic N) is 2. The Labute approximate surface area is 318 Å². The van der Waals surface area contributed by atoms with E-state index in [1.807, 2.05) is 44.2 Å². The van der Waals surface area contributed by atoms with E-state index in [2.05, 4.69) is 139 Å². The highest BCUT2D eigenvalue weighted by molar-refractivity contribution is 6.09. The van der Waals surface area contributed by atoms with Gasteiger partial charge in [-0.3, -0.25) is 4.98 Å². The standard InChI is InChI=1S/C50H46N2O2/c1-30-14-11-20-42(47(30)53)45-27-35(34-24-37(49(3,4)5)29-38(25-34)50(6,7)8)26-44(52-45)33-16-12-15-32(23-33)43-28-36(22-31(2)51-43)39-18-13-19-41-40-17-9-10-21-46(40)54-48(39)41/h9-29,53H,1-8H3. The summed E-state index contributed by atoms with van der Waals surface area (Å²) in [6.07, 6.45) is 0. The number of aromatic hydroxyl groups is 1. The summed E-state index contributed by atoms with van der Waals surface area (Å²) in [5, 5.41) is 13.5. The largest absolute Gasteiger partial charge is 0.507 e. The molecule has 0 spiro atoms. The molecule has 0 aliphatic rings. The number of para-hydroxylation sites is 3. The van der Waals surface area contributed by atoms with E-state index in [4.69, 9.17) is 14.4 Å². The van der Waals surface area contributed by atoms with Gasteiger partial charge in [0.2, 0.25) is 0 Å². The second kappa shape index (κ2) is 13.1. The first-order chi connectivity index (χ1) is 25.7. The molecule has 0 saturated carbocycles. The van der Waals surface area contributed by atoms with Crippen LogP contribution in [-0.2, 0) is 10.8 Å². The fraction of sp³-hybridized carbons (Fsp3) is 0.200. The summed E-state index contributed by atoms with van der Waals surface area (Å²) in [5.41, 5.74) is 15.4. The quantitative estimate of drug-likeness (QED) is 0.194. The van der Waals surface area contributed by atoms with Crippen molar-refractivity contribution in [3.8, 4) is 61.8 Å². The van der Waals surface area contributed by atoms with Gasteiger partial charge in [-0.1, -0.05) is 126 Å². The Balaban J connectivity index is 1.28. The molecule has 5 aromatic carbocycles. The first-order valence-electron chi connectivity index (χ1n) is 18.7. The molecule has 8 aromatic rings. The van der Waals surface area contributed by atoms with Crippen LogP contribution >= 0.6 is 0 Å². The van der Waals surface area contributed by atoms with Crippen LogP contribution in [-0.4, -0.2) is 15.1 Å². The van der Waals surface area contributed by atoms with E-state index in [1.165, 1.54) is 11.1 Å². The molecular formula is C50H46N2O2. The van der Waals surface area contributed by atoms with Gasteiger partial charge in [-0.05, 0) is 101 Å². The zero-order valence-corrected chi connectivity index (χ0v) is 32.4. The minimum Gasteiger partial charge on any atom is -0.507 e. The van der Waals surface area contributed by atoms with E-state index in [0.29, 0.717) is 5.56 Å². The third-order valence-corrected chi connectivity index (χ3v) is 10.5. The van der Waals surface area contributed by atoms with Crippen LogP contribution in [0.1, 0.15) is 63.9 Å². The van der Waals surface area contributed by atoms with Gasteiger partial charge in [0.05, 0.1) is 17.1 Å². The number of phenolic OH excluding ortho intramolecular Hbond substituents is 1. The molecule has 0 bridgehead atoms. The maximum atomic E-state index is 11.3. The number of hydrogen-bond acceptors (Lipinski definition) is 4. The second-order valence-electron chi connectivity index (χ2n) is 16.6.